The Kier molecular flexibility index (Phi) is 3.13. The molecule has 14 heavy (non-hydrogen) atoms. The molecule has 0 fully saturated rings. The Bertz CT molecular complexity index is 368. The van der Waals surface area contributed by atoms with Crippen molar-refractivity contribution in [3.05, 3.63) is 29.3 Å². The first-order valence-electron chi connectivity index (χ1n) is 4.08. The van der Waals surface area contributed by atoms with Crippen molar-refractivity contribution in [3.8, 4) is 0 Å². The van der Waals surface area contributed by atoms with E-state index in [0.29, 0.717) is 6.07 Å². The molecule has 0 N–H and O–H groups in total. The van der Waals surface area contributed by atoms with Gasteiger partial charge in [-0.25, -0.2) is 0 Å². The van der Waals surface area contributed by atoms with Crippen molar-refractivity contribution in [2.24, 2.45) is 0 Å². The van der Waals surface area contributed by atoms with Gasteiger partial charge in [-0.1, -0.05) is 0 Å². The van der Waals surface area contributed by atoms with Gasteiger partial charge in [0.2, 0.25) is 0 Å². The van der Waals surface area contributed by atoms with Gasteiger partial charge in [-0.15, -0.1) is 0 Å². The molecule has 5 heteroatoms. The molecular formula is C9H10F4Sn. The van der Waals surface area contributed by atoms with Crippen LogP contribution >= 0.6 is 0 Å². The number of benzene rings is 1. The average molecular weight is 313 g/mol. The van der Waals surface area contributed by atoms with Crippen LogP contribution in [0.3, 0.4) is 0 Å². The predicted octanol–water partition coefficient (Wildman–Crippen LogP) is 2.79. The van der Waals surface area contributed by atoms with E-state index in [4.69, 9.17) is 0 Å². The van der Waals surface area contributed by atoms with E-state index in [9.17, 15) is 17.6 Å². The maximum absolute atomic E-state index is 13.2. The maximum atomic E-state index is 13.2. The van der Waals surface area contributed by atoms with E-state index < -0.39 is 41.6 Å². The molecule has 0 bridgehead atoms. The molecule has 0 unspecified atom stereocenters. The molecule has 0 radical (unpaired) electrons. The molecule has 0 amide bonds. The van der Waals surface area contributed by atoms with Crippen molar-refractivity contribution < 1.29 is 17.6 Å². The summed E-state index contributed by atoms with van der Waals surface area (Å²) < 4.78 is 51.6. The summed E-state index contributed by atoms with van der Waals surface area (Å²) in [5.74, 6) is -5.37. The SMILES string of the molecule is [CH3][Sn]([CH3])([CH3])[c]1c(F)cc(F)c(F)c1F. The van der Waals surface area contributed by atoms with E-state index in [0.717, 1.165) is 0 Å². The third-order valence-electron chi connectivity index (χ3n) is 1.86. The van der Waals surface area contributed by atoms with Crippen molar-refractivity contribution in [1.82, 2.24) is 0 Å². The molecule has 1 aromatic carbocycles. The van der Waals surface area contributed by atoms with Crippen LogP contribution in [0.15, 0.2) is 6.07 Å². The van der Waals surface area contributed by atoms with Crippen LogP contribution in [0.2, 0.25) is 14.8 Å². The van der Waals surface area contributed by atoms with Gasteiger partial charge < -0.3 is 0 Å². The Labute approximate surface area is 83.8 Å². The van der Waals surface area contributed by atoms with Crippen LogP contribution in [-0.2, 0) is 0 Å². The molecule has 0 aliphatic heterocycles. The summed E-state index contributed by atoms with van der Waals surface area (Å²) in [4.78, 5) is 5.19. The van der Waals surface area contributed by atoms with Crippen molar-refractivity contribution >= 4 is 22.0 Å². The third kappa shape index (κ3) is 2.04. The molecule has 0 saturated carbocycles. The fraction of sp³-hybridized carbons (Fsp3) is 0.333. The van der Waals surface area contributed by atoms with Gasteiger partial charge in [0.1, 0.15) is 0 Å². The number of rotatable bonds is 1. The Morgan fingerprint density at radius 2 is 1.36 bits per heavy atom. The minimum atomic E-state index is -3.07. The van der Waals surface area contributed by atoms with Crippen LogP contribution in [0.4, 0.5) is 17.6 Å². The van der Waals surface area contributed by atoms with Crippen molar-refractivity contribution in [2.45, 2.75) is 14.8 Å². The molecule has 0 spiro atoms. The van der Waals surface area contributed by atoms with Crippen molar-refractivity contribution in [3.63, 3.8) is 0 Å². The van der Waals surface area contributed by atoms with Gasteiger partial charge in [0.25, 0.3) is 0 Å². The van der Waals surface area contributed by atoms with E-state index in [1.807, 2.05) is 0 Å². The average Bonchev–Trinajstić information content (AvgIpc) is 1.97. The van der Waals surface area contributed by atoms with Gasteiger partial charge in [-0.05, 0) is 0 Å². The fourth-order valence-corrected chi connectivity index (χ4v) is 5.70. The number of halogens is 4. The summed E-state index contributed by atoms with van der Waals surface area (Å²) in [6, 6.07) is 0.413. The first-order valence-corrected chi connectivity index (χ1v) is 14.1. The van der Waals surface area contributed by atoms with Crippen molar-refractivity contribution in [1.29, 1.82) is 0 Å². The molecule has 1 aromatic rings. The zero-order valence-electron chi connectivity index (χ0n) is 8.09. The fourth-order valence-electron chi connectivity index (χ4n) is 1.25. The Morgan fingerprint density at radius 1 is 0.857 bits per heavy atom. The first-order chi connectivity index (χ1) is 6.25. The van der Waals surface area contributed by atoms with Gasteiger partial charge in [0, 0.05) is 0 Å². The Hall–Kier alpha value is -0.261. The van der Waals surface area contributed by atoms with Gasteiger partial charge in [0.15, 0.2) is 0 Å². The minimum absolute atomic E-state index is 0.224. The van der Waals surface area contributed by atoms with Gasteiger partial charge >= 0.3 is 83.7 Å². The summed E-state index contributed by atoms with van der Waals surface area (Å²) in [5.41, 5.74) is 0. The first kappa shape index (κ1) is 11.8. The predicted molar refractivity (Wildman–Crippen MR) is 49.3 cm³/mol. The van der Waals surface area contributed by atoms with E-state index in [-0.39, 0.29) is 3.58 Å². The molecule has 0 saturated heterocycles. The molecule has 0 aromatic heterocycles. The second-order valence-electron chi connectivity index (χ2n) is 4.09. The summed E-state index contributed by atoms with van der Waals surface area (Å²) >= 11 is -3.07. The molecule has 0 atom stereocenters. The van der Waals surface area contributed by atoms with Gasteiger partial charge in [-0.3, -0.25) is 0 Å². The quantitative estimate of drug-likeness (QED) is 0.324. The van der Waals surface area contributed by atoms with Crippen LogP contribution in [-0.4, -0.2) is 18.4 Å². The van der Waals surface area contributed by atoms with Crippen LogP contribution in [0, 0.1) is 23.3 Å². The Balaban J connectivity index is 3.53. The number of hydrogen-bond acceptors (Lipinski definition) is 0. The molecule has 0 aliphatic rings. The van der Waals surface area contributed by atoms with Crippen molar-refractivity contribution in [2.75, 3.05) is 0 Å². The normalized spacial score (nSPS) is 11.9. The van der Waals surface area contributed by atoms with Gasteiger partial charge in [0.05, 0.1) is 0 Å². The molecule has 0 nitrogen and oxygen atoms in total. The molecule has 1 rings (SSSR count). The van der Waals surface area contributed by atoms with Gasteiger partial charge in [-0.2, -0.15) is 0 Å². The molecule has 78 valence electrons. The van der Waals surface area contributed by atoms with E-state index in [1.54, 1.807) is 14.8 Å². The second kappa shape index (κ2) is 3.71. The van der Waals surface area contributed by atoms with E-state index >= 15 is 0 Å². The topological polar surface area (TPSA) is 0 Å². The Morgan fingerprint density at radius 3 is 1.79 bits per heavy atom. The number of hydrogen-bond donors (Lipinski definition) is 0. The van der Waals surface area contributed by atoms with E-state index in [1.165, 1.54) is 0 Å². The van der Waals surface area contributed by atoms with Crippen LogP contribution in [0.5, 0.6) is 0 Å². The third-order valence-corrected chi connectivity index (χ3v) is 7.45. The molecule has 0 heterocycles. The monoisotopic (exact) mass is 314 g/mol. The summed E-state index contributed by atoms with van der Waals surface area (Å²) in [6.07, 6.45) is 0. The molecule has 0 aliphatic carbocycles. The molecular weight excluding hydrogens is 303 g/mol. The second-order valence-corrected chi connectivity index (χ2v) is 18.4. The van der Waals surface area contributed by atoms with Crippen LogP contribution < -0.4 is 3.58 Å². The zero-order valence-corrected chi connectivity index (χ0v) is 10.9. The summed E-state index contributed by atoms with van der Waals surface area (Å²) in [7, 11) is 0. The summed E-state index contributed by atoms with van der Waals surface area (Å²) in [5, 5.41) is 0. The zero-order chi connectivity index (χ0) is 11.1. The van der Waals surface area contributed by atoms with Crippen LogP contribution in [0.25, 0.3) is 0 Å². The van der Waals surface area contributed by atoms with E-state index in [2.05, 4.69) is 0 Å². The summed E-state index contributed by atoms with van der Waals surface area (Å²) in [6.45, 7) is 0. The van der Waals surface area contributed by atoms with Crippen LogP contribution in [0.1, 0.15) is 0 Å². The standard InChI is InChI=1S/C6HF4.3CH3.Sn/c7-3-1-4(8)6(10)5(9)2-3;;;;/h1H;3*1H3;.